The van der Waals surface area contributed by atoms with Crippen LogP contribution in [0.25, 0.3) is 21.7 Å². The summed E-state index contributed by atoms with van der Waals surface area (Å²) in [5.41, 5.74) is 2.69. The summed E-state index contributed by atoms with van der Waals surface area (Å²) in [6.07, 6.45) is 0.579. The highest BCUT2D eigenvalue weighted by atomic mass is 32.2. The molecule has 4 aromatic rings. The molecule has 0 amide bonds. The molecule has 0 atom stereocenters. The van der Waals surface area contributed by atoms with Crippen LogP contribution in [0.15, 0.2) is 65.6 Å². The van der Waals surface area contributed by atoms with E-state index in [4.69, 9.17) is 0 Å². The maximum absolute atomic E-state index is 13.7. The van der Waals surface area contributed by atoms with Crippen LogP contribution in [0.2, 0.25) is 0 Å². The smallest absolute Gasteiger partial charge is 0.244 e. The number of H-pyrrole nitrogens is 1. The fourth-order valence-electron chi connectivity index (χ4n) is 3.93. The zero-order chi connectivity index (χ0) is 18.6. The number of hydrogen-bond donors (Lipinski definition) is 1. The van der Waals surface area contributed by atoms with E-state index in [0.717, 1.165) is 32.9 Å². The van der Waals surface area contributed by atoms with E-state index in [2.05, 4.69) is 4.98 Å². The molecule has 1 aromatic heterocycles. The highest BCUT2D eigenvalue weighted by molar-refractivity contribution is 7.89. The topological polar surface area (TPSA) is 53.2 Å². The Balaban J connectivity index is 1.61. The minimum absolute atomic E-state index is 0.240. The van der Waals surface area contributed by atoms with Crippen LogP contribution in [0.5, 0.6) is 0 Å². The average molecular weight is 380 g/mol. The van der Waals surface area contributed by atoms with Gasteiger partial charge in [0.2, 0.25) is 10.0 Å². The normalized spacial score (nSPS) is 15.3. The van der Waals surface area contributed by atoms with Crippen LogP contribution in [0, 0.1) is 5.82 Å². The van der Waals surface area contributed by atoms with Crippen molar-refractivity contribution in [2.75, 3.05) is 6.54 Å². The van der Waals surface area contributed by atoms with Crippen LogP contribution in [0.4, 0.5) is 4.39 Å². The Hall–Kier alpha value is -2.70. The van der Waals surface area contributed by atoms with Gasteiger partial charge < -0.3 is 4.98 Å². The molecule has 1 aliphatic heterocycles. The van der Waals surface area contributed by atoms with Gasteiger partial charge in [-0.3, -0.25) is 0 Å². The molecular formula is C21H17FN2O2S. The molecule has 3 aromatic carbocycles. The first kappa shape index (κ1) is 16.5. The molecular weight excluding hydrogens is 363 g/mol. The molecule has 0 fully saturated rings. The quantitative estimate of drug-likeness (QED) is 0.566. The van der Waals surface area contributed by atoms with Crippen molar-refractivity contribution in [2.45, 2.75) is 17.9 Å². The molecule has 136 valence electrons. The first-order valence-electron chi connectivity index (χ1n) is 8.81. The van der Waals surface area contributed by atoms with E-state index in [0.29, 0.717) is 17.9 Å². The van der Waals surface area contributed by atoms with Crippen molar-refractivity contribution in [3.8, 4) is 0 Å². The van der Waals surface area contributed by atoms with Gasteiger partial charge in [-0.1, -0.05) is 36.4 Å². The number of aromatic amines is 1. The highest BCUT2D eigenvalue weighted by Crippen LogP contribution is 2.32. The summed E-state index contributed by atoms with van der Waals surface area (Å²) in [4.78, 5) is 3.61. The number of nitrogens with one attached hydrogen (secondary N) is 1. The van der Waals surface area contributed by atoms with E-state index >= 15 is 0 Å². The number of aromatic nitrogens is 1. The van der Waals surface area contributed by atoms with E-state index < -0.39 is 10.0 Å². The van der Waals surface area contributed by atoms with Gasteiger partial charge in [0.05, 0.1) is 4.90 Å². The lowest BCUT2D eigenvalue weighted by Crippen LogP contribution is -2.35. The van der Waals surface area contributed by atoms with Gasteiger partial charge in [0.25, 0.3) is 0 Å². The fourth-order valence-corrected chi connectivity index (χ4v) is 5.55. The summed E-state index contributed by atoms with van der Waals surface area (Å²) in [6, 6.07) is 17.4. The van der Waals surface area contributed by atoms with Crippen LogP contribution in [-0.4, -0.2) is 24.3 Å². The summed E-state index contributed by atoms with van der Waals surface area (Å²) in [5, 5.41) is 2.36. The van der Waals surface area contributed by atoms with Gasteiger partial charge in [0, 0.05) is 41.5 Å². The number of sulfonamides is 1. The SMILES string of the molecule is O=S(=O)(c1cccc2ccccc12)N1CCc2[nH]c3ccc(F)cc3c2C1. The number of halogens is 1. The molecule has 1 aliphatic rings. The zero-order valence-corrected chi connectivity index (χ0v) is 15.3. The van der Waals surface area contributed by atoms with Gasteiger partial charge >= 0.3 is 0 Å². The van der Waals surface area contributed by atoms with Crippen LogP contribution in [0.1, 0.15) is 11.3 Å². The second-order valence-corrected chi connectivity index (χ2v) is 8.74. The number of rotatable bonds is 2. The molecule has 6 heteroatoms. The van der Waals surface area contributed by atoms with Crippen LogP contribution >= 0.6 is 0 Å². The first-order valence-corrected chi connectivity index (χ1v) is 10.2. The molecule has 0 spiro atoms. The monoisotopic (exact) mass is 380 g/mol. The number of fused-ring (bicyclic) bond motifs is 4. The van der Waals surface area contributed by atoms with Crippen LogP contribution in [0.3, 0.4) is 0 Å². The lowest BCUT2D eigenvalue weighted by atomic mass is 10.1. The van der Waals surface area contributed by atoms with Crippen molar-refractivity contribution in [1.29, 1.82) is 0 Å². The Morgan fingerprint density at radius 3 is 2.67 bits per heavy atom. The number of hydrogen-bond acceptors (Lipinski definition) is 2. The largest absolute Gasteiger partial charge is 0.358 e. The number of nitrogens with zero attached hydrogens (tertiary/aromatic N) is 1. The Morgan fingerprint density at radius 2 is 1.78 bits per heavy atom. The van der Waals surface area contributed by atoms with Crippen molar-refractivity contribution in [3.63, 3.8) is 0 Å². The molecule has 0 unspecified atom stereocenters. The standard InChI is InChI=1S/C21H17FN2O2S/c22-15-8-9-19-17(12-15)18-13-24(11-10-20(18)23-19)27(25,26)21-7-3-5-14-4-1-2-6-16(14)21/h1-9,12,23H,10-11,13H2. The van der Waals surface area contributed by atoms with Crippen LogP contribution < -0.4 is 0 Å². The summed E-state index contributed by atoms with van der Waals surface area (Å²) in [7, 11) is -3.66. The number of benzene rings is 3. The second kappa shape index (κ2) is 5.90. The van der Waals surface area contributed by atoms with E-state index in [-0.39, 0.29) is 12.4 Å². The molecule has 0 radical (unpaired) electrons. The molecule has 0 aliphatic carbocycles. The van der Waals surface area contributed by atoms with Gasteiger partial charge in [0.1, 0.15) is 5.82 Å². The summed E-state index contributed by atoms with van der Waals surface area (Å²) in [5.74, 6) is -0.321. The molecule has 4 nitrogen and oxygen atoms in total. The Kier molecular flexibility index (Phi) is 3.60. The third-order valence-corrected chi connectivity index (χ3v) is 7.17. The highest BCUT2D eigenvalue weighted by Gasteiger charge is 2.31. The lowest BCUT2D eigenvalue weighted by molar-refractivity contribution is 0.391. The Morgan fingerprint density at radius 1 is 0.963 bits per heavy atom. The first-order chi connectivity index (χ1) is 13.0. The summed E-state index contributed by atoms with van der Waals surface area (Å²) in [6.45, 7) is 0.637. The molecule has 27 heavy (non-hydrogen) atoms. The second-order valence-electron chi connectivity index (χ2n) is 6.84. The van der Waals surface area contributed by atoms with Crippen LogP contribution in [-0.2, 0) is 23.0 Å². The molecule has 0 bridgehead atoms. The van der Waals surface area contributed by atoms with E-state index in [1.54, 1.807) is 18.2 Å². The van der Waals surface area contributed by atoms with Gasteiger partial charge in [-0.2, -0.15) is 4.31 Å². The molecule has 1 N–H and O–H groups in total. The maximum Gasteiger partial charge on any atom is 0.244 e. The van der Waals surface area contributed by atoms with Crippen molar-refractivity contribution in [2.24, 2.45) is 0 Å². The van der Waals surface area contributed by atoms with Gasteiger partial charge in [-0.15, -0.1) is 0 Å². The van der Waals surface area contributed by atoms with E-state index in [1.807, 2.05) is 30.3 Å². The Labute approximate surface area is 156 Å². The molecule has 2 heterocycles. The van der Waals surface area contributed by atoms with Gasteiger partial charge in [0.15, 0.2) is 0 Å². The van der Waals surface area contributed by atoms with Crippen molar-refractivity contribution in [1.82, 2.24) is 9.29 Å². The fraction of sp³-hybridized carbons (Fsp3) is 0.143. The minimum atomic E-state index is -3.66. The molecule has 5 rings (SSSR count). The molecule has 0 saturated heterocycles. The zero-order valence-electron chi connectivity index (χ0n) is 14.4. The van der Waals surface area contributed by atoms with Crippen molar-refractivity contribution >= 4 is 31.7 Å². The Bertz CT molecular complexity index is 1290. The van der Waals surface area contributed by atoms with Gasteiger partial charge in [-0.05, 0) is 35.2 Å². The third kappa shape index (κ3) is 2.56. The maximum atomic E-state index is 13.7. The van der Waals surface area contributed by atoms with Crippen molar-refractivity contribution in [3.05, 3.63) is 77.7 Å². The summed E-state index contributed by atoms with van der Waals surface area (Å²) >= 11 is 0. The van der Waals surface area contributed by atoms with E-state index in [9.17, 15) is 12.8 Å². The average Bonchev–Trinajstić information content (AvgIpc) is 3.04. The minimum Gasteiger partial charge on any atom is -0.358 e. The lowest BCUT2D eigenvalue weighted by Gasteiger charge is -2.27. The third-order valence-electron chi connectivity index (χ3n) is 5.27. The van der Waals surface area contributed by atoms with E-state index in [1.165, 1.54) is 16.4 Å². The van der Waals surface area contributed by atoms with Gasteiger partial charge in [-0.25, -0.2) is 12.8 Å². The van der Waals surface area contributed by atoms with Crippen molar-refractivity contribution < 1.29 is 12.8 Å². The predicted octanol–water partition coefficient (Wildman–Crippen LogP) is 4.21. The molecule has 0 saturated carbocycles. The summed E-state index contributed by atoms with van der Waals surface area (Å²) < 4.78 is 42.0. The predicted molar refractivity (Wildman–Crippen MR) is 104 cm³/mol.